The lowest BCUT2D eigenvalue weighted by Gasteiger charge is -2.06. The zero-order valence-electron chi connectivity index (χ0n) is 14.3. The van der Waals surface area contributed by atoms with Crippen molar-refractivity contribution in [2.45, 2.75) is 6.92 Å². The number of nitrogens with one attached hydrogen (secondary N) is 1. The minimum Gasteiger partial charge on any atom is -0.465 e. The highest BCUT2D eigenvalue weighted by Crippen LogP contribution is 2.22. The number of carbonyl (C=O) groups excluding carboxylic acids is 2. The molecule has 1 amide bonds. The first-order valence-electron chi connectivity index (χ1n) is 7.92. The van der Waals surface area contributed by atoms with Crippen molar-refractivity contribution in [2.75, 3.05) is 12.4 Å². The van der Waals surface area contributed by atoms with Crippen LogP contribution in [0.3, 0.4) is 0 Å². The van der Waals surface area contributed by atoms with Gasteiger partial charge >= 0.3 is 5.97 Å². The molecule has 0 saturated heterocycles. The Morgan fingerprint density at radius 3 is 2.27 bits per heavy atom. The van der Waals surface area contributed by atoms with Crippen molar-refractivity contribution in [3.8, 4) is 5.69 Å². The lowest BCUT2D eigenvalue weighted by atomic mass is 10.2. The molecule has 0 aliphatic heterocycles. The van der Waals surface area contributed by atoms with Gasteiger partial charge in [-0.15, -0.1) is 0 Å². The number of nitrogens with zero attached hydrogens (tertiary/aromatic N) is 1. The first-order chi connectivity index (χ1) is 12.5. The molecule has 0 saturated carbocycles. The molecule has 132 valence electrons. The van der Waals surface area contributed by atoms with E-state index in [9.17, 15) is 9.59 Å². The second kappa shape index (κ2) is 7.45. The van der Waals surface area contributed by atoms with E-state index in [0.29, 0.717) is 22.0 Å². The number of carbonyl (C=O) groups is 2. The predicted octanol–water partition coefficient (Wildman–Crippen LogP) is 4.48. The molecule has 3 aromatic rings. The quantitative estimate of drug-likeness (QED) is 0.691. The molecule has 0 spiro atoms. The van der Waals surface area contributed by atoms with Crippen LogP contribution in [-0.4, -0.2) is 23.6 Å². The minimum atomic E-state index is -0.426. The monoisotopic (exact) mass is 368 g/mol. The Bertz CT molecular complexity index is 944. The summed E-state index contributed by atoms with van der Waals surface area (Å²) < 4.78 is 6.39. The van der Waals surface area contributed by atoms with Gasteiger partial charge < -0.3 is 14.6 Å². The Labute approximate surface area is 156 Å². The van der Waals surface area contributed by atoms with E-state index in [0.717, 1.165) is 11.3 Å². The Morgan fingerprint density at radius 1 is 1.00 bits per heavy atom. The standard InChI is InChI=1S/C20H17ClN2O3/c1-13-3-9-17(10-4-13)23-12-15(11-18(23)21)19(24)22-16-7-5-14(6-8-16)20(25)26-2/h3-12H,1-2H3,(H,22,24). The number of rotatable bonds is 4. The first kappa shape index (κ1) is 17.8. The van der Waals surface area contributed by atoms with Crippen LogP contribution in [0.1, 0.15) is 26.3 Å². The predicted molar refractivity (Wildman–Crippen MR) is 101 cm³/mol. The Morgan fingerprint density at radius 2 is 1.65 bits per heavy atom. The van der Waals surface area contributed by atoms with Gasteiger partial charge in [0.1, 0.15) is 5.15 Å². The third-order valence-electron chi connectivity index (χ3n) is 3.91. The van der Waals surface area contributed by atoms with Crippen LogP contribution in [-0.2, 0) is 4.74 Å². The number of hydrogen-bond donors (Lipinski definition) is 1. The second-order valence-corrected chi connectivity index (χ2v) is 6.17. The fourth-order valence-electron chi connectivity index (χ4n) is 2.47. The molecule has 26 heavy (non-hydrogen) atoms. The van der Waals surface area contributed by atoms with Crippen molar-refractivity contribution in [1.29, 1.82) is 0 Å². The van der Waals surface area contributed by atoms with Gasteiger partial charge in [-0.25, -0.2) is 4.79 Å². The number of benzene rings is 2. The van der Waals surface area contributed by atoms with E-state index < -0.39 is 5.97 Å². The molecule has 1 aromatic heterocycles. The van der Waals surface area contributed by atoms with Crippen molar-refractivity contribution < 1.29 is 14.3 Å². The van der Waals surface area contributed by atoms with Crippen molar-refractivity contribution in [1.82, 2.24) is 4.57 Å². The van der Waals surface area contributed by atoms with Crippen LogP contribution in [0, 0.1) is 6.92 Å². The van der Waals surface area contributed by atoms with E-state index in [1.165, 1.54) is 7.11 Å². The third-order valence-corrected chi connectivity index (χ3v) is 4.20. The topological polar surface area (TPSA) is 60.3 Å². The first-order valence-corrected chi connectivity index (χ1v) is 8.30. The number of hydrogen-bond acceptors (Lipinski definition) is 3. The number of halogens is 1. The maximum Gasteiger partial charge on any atom is 0.337 e. The van der Waals surface area contributed by atoms with Crippen LogP contribution in [0.4, 0.5) is 5.69 Å². The number of aryl methyl sites for hydroxylation is 1. The zero-order chi connectivity index (χ0) is 18.7. The van der Waals surface area contributed by atoms with Crippen molar-refractivity contribution >= 4 is 29.2 Å². The maximum absolute atomic E-state index is 12.5. The normalized spacial score (nSPS) is 10.4. The number of ether oxygens (including phenoxy) is 1. The molecular weight excluding hydrogens is 352 g/mol. The molecule has 0 aliphatic rings. The molecular formula is C20H17ClN2O3. The molecule has 0 aliphatic carbocycles. The summed E-state index contributed by atoms with van der Waals surface area (Å²) in [5.41, 5.74) is 3.45. The van der Waals surface area contributed by atoms with Gasteiger partial charge in [0.25, 0.3) is 5.91 Å². The molecule has 6 heteroatoms. The van der Waals surface area contributed by atoms with E-state index in [2.05, 4.69) is 10.1 Å². The van der Waals surface area contributed by atoms with Gasteiger partial charge in [0, 0.05) is 17.6 Å². The second-order valence-electron chi connectivity index (χ2n) is 5.78. The Kier molecular flexibility index (Phi) is 5.09. The zero-order valence-corrected chi connectivity index (χ0v) is 15.1. The molecule has 5 nitrogen and oxygen atoms in total. The molecule has 0 fully saturated rings. The molecule has 3 rings (SSSR count). The fraction of sp³-hybridized carbons (Fsp3) is 0.100. The summed E-state index contributed by atoms with van der Waals surface area (Å²) in [6.45, 7) is 2.01. The number of methoxy groups -OCH3 is 1. The third kappa shape index (κ3) is 3.78. The Hall–Kier alpha value is -3.05. The summed E-state index contributed by atoms with van der Waals surface area (Å²) in [5, 5.41) is 3.22. The van der Waals surface area contributed by atoms with Crippen LogP contribution in [0.15, 0.2) is 60.8 Å². The summed E-state index contributed by atoms with van der Waals surface area (Å²) >= 11 is 6.27. The van der Waals surface area contributed by atoms with Gasteiger partial charge in [-0.05, 0) is 49.4 Å². The summed E-state index contributed by atoms with van der Waals surface area (Å²) in [4.78, 5) is 23.9. The molecule has 1 heterocycles. The van der Waals surface area contributed by atoms with Crippen LogP contribution < -0.4 is 5.32 Å². The largest absolute Gasteiger partial charge is 0.465 e. The smallest absolute Gasteiger partial charge is 0.337 e. The molecule has 0 bridgehead atoms. The minimum absolute atomic E-state index is 0.288. The van der Waals surface area contributed by atoms with E-state index >= 15 is 0 Å². The van der Waals surface area contributed by atoms with Gasteiger partial charge in [0.2, 0.25) is 0 Å². The van der Waals surface area contributed by atoms with Crippen LogP contribution in [0.5, 0.6) is 0 Å². The van der Waals surface area contributed by atoms with Crippen LogP contribution >= 0.6 is 11.6 Å². The lowest BCUT2D eigenvalue weighted by molar-refractivity contribution is 0.0600. The molecule has 1 N–H and O–H groups in total. The number of anilines is 1. The van der Waals surface area contributed by atoms with Gasteiger partial charge in [-0.2, -0.15) is 0 Å². The number of aromatic nitrogens is 1. The van der Waals surface area contributed by atoms with Gasteiger partial charge in [-0.3, -0.25) is 4.79 Å². The van der Waals surface area contributed by atoms with Gasteiger partial charge in [-0.1, -0.05) is 29.3 Å². The van der Waals surface area contributed by atoms with Crippen molar-refractivity contribution in [3.05, 3.63) is 82.6 Å². The molecule has 0 atom stereocenters. The van der Waals surface area contributed by atoms with Crippen LogP contribution in [0.2, 0.25) is 5.15 Å². The van der Waals surface area contributed by atoms with Crippen molar-refractivity contribution in [3.63, 3.8) is 0 Å². The van der Waals surface area contributed by atoms with Gasteiger partial charge in [0.15, 0.2) is 0 Å². The molecule has 2 aromatic carbocycles. The average Bonchev–Trinajstić information content (AvgIpc) is 3.04. The highest BCUT2D eigenvalue weighted by molar-refractivity contribution is 6.30. The fourth-order valence-corrected chi connectivity index (χ4v) is 2.74. The number of amides is 1. The summed E-state index contributed by atoms with van der Waals surface area (Å²) in [6.07, 6.45) is 1.69. The Balaban J connectivity index is 1.77. The lowest BCUT2D eigenvalue weighted by Crippen LogP contribution is -2.11. The molecule has 0 radical (unpaired) electrons. The van der Waals surface area contributed by atoms with E-state index in [1.807, 2.05) is 31.2 Å². The maximum atomic E-state index is 12.5. The van der Waals surface area contributed by atoms with Crippen LogP contribution in [0.25, 0.3) is 5.69 Å². The van der Waals surface area contributed by atoms with E-state index in [4.69, 9.17) is 11.6 Å². The summed E-state index contributed by atoms with van der Waals surface area (Å²) in [7, 11) is 1.32. The highest BCUT2D eigenvalue weighted by atomic mass is 35.5. The summed E-state index contributed by atoms with van der Waals surface area (Å²) in [5.74, 6) is -0.714. The molecule has 0 unspecified atom stereocenters. The number of esters is 1. The van der Waals surface area contributed by atoms with Gasteiger partial charge in [0.05, 0.1) is 18.2 Å². The highest BCUT2D eigenvalue weighted by Gasteiger charge is 2.13. The van der Waals surface area contributed by atoms with E-state index in [-0.39, 0.29) is 5.91 Å². The summed E-state index contributed by atoms with van der Waals surface area (Å²) in [6, 6.07) is 15.9. The van der Waals surface area contributed by atoms with E-state index in [1.54, 1.807) is 41.1 Å². The SMILES string of the molecule is COC(=O)c1ccc(NC(=O)c2cc(Cl)n(-c3ccc(C)cc3)c2)cc1. The average molecular weight is 369 g/mol. The van der Waals surface area contributed by atoms with Crippen molar-refractivity contribution in [2.24, 2.45) is 0 Å².